The number of aliphatic hydroxyl groups is 1. The number of carbonyl (C=O) groups excluding carboxylic acids is 1. The van der Waals surface area contributed by atoms with Crippen LogP contribution in [0.1, 0.15) is 36.3 Å². The third kappa shape index (κ3) is 3.82. The molecular weight excluding hydrogens is 451 g/mol. The normalized spacial score (nSPS) is 19.8. The molecule has 1 aliphatic carbocycles. The smallest absolute Gasteiger partial charge is 0.161 e. The lowest BCUT2D eigenvalue weighted by atomic mass is 9.73. The lowest BCUT2D eigenvalue weighted by Crippen LogP contribution is -2.42. The molecule has 34 heavy (non-hydrogen) atoms. The highest BCUT2D eigenvalue weighted by atomic mass is 35.5. The maximum absolute atomic E-state index is 13.8. The quantitative estimate of drug-likeness (QED) is 0.402. The number of ketones is 1. The van der Waals surface area contributed by atoms with E-state index in [2.05, 4.69) is 0 Å². The summed E-state index contributed by atoms with van der Waals surface area (Å²) >= 11 is 6.05. The van der Waals surface area contributed by atoms with Crippen molar-refractivity contribution in [2.75, 3.05) is 4.90 Å². The number of carbonyl (C=O) groups is 1. The van der Waals surface area contributed by atoms with E-state index in [1.807, 2.05) is 30.3 Å². The Kier molecular flexibility index (Phi) is 5.80. The molecule has 1 heterocycles. The first-order valence-corrected chi connectivity index (χ1v) is 11.5. The third-order valence-electron chi connectivity index (χ3n) is 6.35. The van der Waals surface area contributed by atoms with Gasteiger partial charge in [-0.1, -0.05) is 41.9 Å². The number of hydrogen-bond acceptors (Lipinski definition) is 3. The lowest BCUT2D eigenvalue weighted by molar-refractivity contribution is -0.116. The molecule has 0 radical (unpaired) electrons. The van der Waals surface area contributed by atoms with E-state index in [1.54, 1.807) is 41.3 Å². The zero-order valence-corrected chi connectivity index (χ0v) is 19.0. The van der Waals surface area contributed by atoms with Crippen LogP contribution in [-0.2, 0) is 4.79 Å². The van der Waals surface area contributed by atoms with Gasteiger partial charge in [-0.25, -0.2) is 4.39 Å². The molecule has 1 unspecified atom stereocenters. The van der Waals surface area contributed by atoms with Crippen LogP contribution >= 0.6 is 11.6 Å². The van der Waals surface area contributed by atoms with Gasteiger partial charge in [0, 0.05) is 45.5 Å². The van der Waals surface area contributed by atoms with Crippen molar-refractivity contribution in [1.82, 2.24) is 0 Å². The number of Topliss-reactive ketones (excluding diaryl/α,β-unsaturated/α-hetero) is 1. The van der Waals surface area contributed by atoms with Crippen molar-refractivity contribution in [2.45, 2.75) is 25.2 Å². The fraction of sp³-hybridized carbons (Fsp3) is 0.143. The first-order chi connectivity index (χ1) is 16.5. The number of amidine groups is 1. The lowest BCUT2D eigenvalue weighted by Gasteiger charge is -2.41. The van der Waals surface area contributed by atoms with Gasteiger partial charge in [0.25, 0.3) is 0 Å². The highest BCUT2D eigenvalue weighted by Crippen LogP contribution is 2.47. The van der Waals surface area contributed by atoms with Gasteiger partial charge >= 0.3 is 0 Å². The van der Waals surface area contributed by atoms with E-state index in [0.29, 0.717) is 46.6 Å². The maximum atomic E-state index is 13.8. The molecule has 3 aromatic carbocycles. The summed E-state index contributed by atoms with van der Waals surface area (Å²) in [5.41, 5.74) is 3.48. The van der Waals surface area contributed by atoms with Crippen LogP contribution in [0.4, 0.5) is 10.1 Å². The average molecular weight is 473 g/mol. The van der Waals surface area contributed by atoms with Crippen LogP contribution in [0, 0.1) is 11.2 Å². The average Bonchev–Trinajstić information content (AvgIpc) is 2.85. The van der Waals surface area contributed by atoms with E-state index in [1.165, 1.54) is 12.1 Å². The Morgan fingerprint density at radius 1 is 0.971 bits per heavy atom. The van der Waals surface area contributed by atoms with E-state index < -0.39 is 11.7 Å². The van der Waals surface area contributed by atoms with Gasteiger partial charge < -0.3 is 5.11 Å². The number of allylic oxidation sites excluding steroid dienone is 2. The topological polar surface area (TPSA) is 64.4 Å². The number of para-hydroxylation sites is 1. The zero-order chi connectivity index (χ0) is 23.8. The summed E-state index contributed by atoms with van der Waals surface area (Å²) < 4.78 is 13.8. The minimum absolute atomic E-state index is 0.0228. The molecule has 3 aromatic rings. The Morgan fingerprint density at radius 2 is 1.65 bits per heavy atom. The first-order valence-electron chi connectivity index (χ1n) is 11.1. The van der Waals surface area contributed by atoms with E-state index >= 15 is 0 Å². The Labute approximate surface area is 202 Å². The van der Waals surface area contributed by atoms with E-state index in [0.717, 1.165) is 11.4 Å². The predicted molar refractivity (Wildman–Crippen MR) is 133 cm³/mol. The molecule has 0 saturated heterocycles. The molecule has 2 aliphatic rings. The minimum atomic E-state index is -0.688. The van der Waals surface area contributed by atoms with Crippen molar-refractivity contribution in [3.8, 4) is 0 Å². The molecule has 1 atom stereocenters. The van der Waals surface area contributed by atoms with Crippen molar-refractivity contribution in [3.05, 3.63) is 118 Å². The Bertz CT molecular complexity index is 1330. The number of halogens is 2. The molecular formula is C28H22ClFN2O2. The van der Waals surface area contributed by atoms with Crippen LogP contribution in [0.5, 0.6) is 0 Å². The minimum Gasteiger partial charge on any atom is -0.507 e. The summed E-state index contributed by atoms with van der Waals surface area (Å²) in [6, 6.07) is 22.0. The van der Waals surface area contributed by atoms with Crippen molar-refractivity contribution in [3.63, 3.8) is 0 Å². The van der Waals surface area contributed by atoms with Gasteiger partial charge in [0.05, 0.1) is 0 Å². The fourth-order valence-corrected chi connectivity index (χ4v) is 4.93. The third-order valence-corrected chi connectivity index (χ3v) is 6.60. The van der Waals surface area contributed by atoms with E-state index in [9.17, 15) is 19.7 Å². The summed E-state index contributed by atoms with van der Waals surface area (Å²) in [7, 11) is 0. The predicted octanol–water partition coefficient (Wildman–Crippen LogP) is 7.04. The van der Waals surface area contributed by atoms with E-state index in [4.69, 9.17) is 11.6 Å². The highest BCUT2D eigenvalue weighted by Gasteiger charge is 2.43. The molecule has 0 spiro atoms. The number of benzene rings is 3. The van der Waals surface area contributed by atoms with Crippen LogP contribution in [0.3, 0.4) is 0 Å². The van der Waals surface area contributed by atoms with Crippen LogP contribution in [0.25, 0.3) is 5.76 Å². The largest absolute Gasteiger partial charge is 0.507 e. The molecule has 0 aromatic heterocycles. The van der Waals surface area contributed by atoms with Crippen molar-refractivity contribution < 1.29 is 14.3 Å². The number of anilines is 1. The molecule has 4 nitrogen and oxygen atoms in total. The van der Waals surface area contributed by atoms with Crippen LogP contribution < -0.4 is 4.90 Å². The molecule has 1 aliphatic heterocycles. The van der Waals surface area contributed by atoms with Crippen LogP contribution in [0.15, 0.2) is 95.7 Å². The molecule has 0 fully saturated rings. The van der Waals surface area contributed by atoms with Gasteiger partial charge in [-0.05, 0) is 66.9 Å². The van der Waals surface area contributed by atoms with Gasteiger partial charge in [-0.2, -0.15) is 0 Å². The summed E-state index contributed by atoms with van der Waals surface area (Å²) in [4.78, 5) is 15.1. The standard InChI is InChI=1S/C28H22ClFN2O2/c29-19-13-9-18(10-14-19)27(34)26-24(17-11-15-20(30)16-12-17)25-22(7-4-8-23(25)33)32(28(26)31)21-5-2-1-3-6-21/h1-3,5-6,9-16,24,31,34H,4,7-8H2/b27-26+,31-28?. The SMILES string of the molecule is N=C1/C(=C(/O)c2ccc(Cl)cc2)C(c2ccc(F)cc2)C2=C(CCCC2=O)N1c1ccccc1. The molecule has 170 valence electrons. The molecule has 2 N–H and O–H groups in total. The summed E-state index contributed by atoms with van der Waals surface area (Å²) in [6.07, 6.45) is 1.71. The highest BCUT2D eigenvalue weighted by molar-refractivity contribution is 6.30. The monoisotopic (exact) mass is 472 g/mol. The number of aliphatic hydroxyl groups excluding tert-OH is 1. The van der Waals surface area contributed by atoms with Gasteiger partial charge in [0.15, 0.2) is 5.78 Å². The van der Waals surface area contributed by atoms with Gasteiger partial charge in [-0.15, -0.1) is 0 Å². The molecule has 6 heteroatoms. The fourth-order valence-electron chi connectivity index (χ4n) is 4.81. The zero-order valence-electron chi connectivity index (χ0n) is 18.3. The second-order valence-electron chi connectivity index (χ2n) is 8.41. The van der Waals surface area contributed by atoms with Gasteiger partial charge in [-0.3, -0.25) is 15.1 Å². The Hall–Kier alpha value is -3.70. The van der Waals surface area contributed by atoms with Gasteiger partial charge in [0.2, 0.25) is 0 Å². The second-order valence-corrected chi connectivity index (χ2v) is 8.85. The van der Waals surface area contributed by atoms with E-state index in [-0.39, 0.29) is 17.4 Å². The Morgan fingerprint density at radius 3 is 2.32 bits per heavy atom. The maximum Gasteiger partial charge on any atom is 0.161 e. The molecule has 5 rings (SSSR count). The Balaban J connectivity index is 1.82. The number of hydrogen-bond donors (Lipinski definition) is 2. The number of nitrogens with zero attached hydrogens (tertiary/aromatic N) is 1. The molecule has 0 amide bonds. The number of rotatable bonds is 3. The second kappa shape index (κ2) is 8.92. The van der Waals surface area contributed by atoms with Crippen molar-refractivity contribution in [1.29, 1.82) is 5.41 Å². The number of nitrogens with one attached hydrogen (secondary N) is 1. The summed E-state index contributed by atoms with van der Waals surface area (Å²) in [5, 5.41) is 21.3. The van der Waals surface area contributed by atoms with Crippen molar-refractivity contribution in [2.24, 2.45) is 0 Å². The first kappa shape index (κ1) is 22.1. The van der Waals surface area contributed by atoms with Crippen LogP contribution in [0.2, 0.25) is 5.02 Å². The van der Waals surface area contributed by atoms with Crippen LogP contribution in [-0.4, -0.2) is 16.7 Å². The van der Waals surface area contributed by atoms with Crippen molar-refractivity contribution >= 4 is 34.7 Å². The van der Waals surface area contributed by atoms with Gasteiger partial charge in [0.1, 0.15) is 17.4 Å². The molecule has 0 bridgehead atoms. The summed E-state index contributed by atoms with van der Waals surface area (Å²) in [6.45, 7) is 0. The molecule has 0 saturated carbocycles. The summed E-state index contributed by atoms with van der Waals surface area (Å²) in [5.74, 6) is -1.13.